The van der Waals surface area contributed by atoms with Gasteiger partial charge in [-0.3, -0.25) is 9.80 Å². The van der Waals surface area contributed by atoms with Gasteiger partial charge in [0.25, 0.3) is 0 Å². The van der Waals surface area contributed by atoms with E-state index in [4.69, 9.17) is 0 Å². The van der Waals surface area contributed by atoms with Crippen molar-refractivity contribution in [2.24, 2.45) is 0 Å². The predicted molar refractivity (Wildman–Crippen MR) is 122 cm³/mol. The van der Waals surface area contributed by atoms with Crippen LogP contribution in [-0.4, -0.2) is 51.7 Å². The van der Waals surface area contributed by atoms with Crippen molar-refractivity contribution in [3.05, 3.63) is 36.4 Å². The zero-order chi connectivity index (χ0) is 19.4. The largest absolute Gasteiger partial charge is 0.288 e. The van der Waals surface area contributed by atoms with E-state index < -0.39 is 0 Å². The Balaban J connectivity index is 2.89. The van der Waals surface area contributed by atoms with E-state index in [1.807, 2.05) is 0 Å². The highest BCUT2D eigenvalue weighted by Gasteiger charge is 2.23. The Hall–Kier alpha value is -0.903. The van der Waals surface area contributed by atoms with Crippen LogP contribution in [0.3, 0.4) is 0 Å². The Labute approximate surface area is 165 Å². The number of rotatable bonds is 14. The van der Waals surface area contributed by atoms with Gasteiger partial charge in [0.1, 0.15) is 0 Å². The van der Waals surface area contributed by atoms with Crippen LogP contribution in [0.1, 0.15) is 65.9 Å². The summed E-state index contributed by atoms with van der Waals surface area (Å²) in [7, 11) is -0.266. The molecular weight excluding hydrogens is 332 g/mol. The topological polar surface area (TPSA) is 6.48 Å². The SMILES string of the molecule is C=C(C)c1ccc([SiH2]CC(N(CCC)CCC)N(CCC)CCC)cc1. The van der Waals surface area contributed by atoms with E-state index in [-0.39, 0.29) is 9.52 Å². The highest BCUT2D eigenvalue weighted by atomic mass is 28.2. The molecule has 0 aliphatic rings. The molecule has 0 N–H and O–H groups in total. The van der Waals surface area contributed by atoms with Crippen LogP contribution < -0.4 is 5.19 Å². The average Bonchev–Trinajstić information content (AvgIpc) is 2.63. The molecule has 0 amide bonds. The van der Waals surface area contributed by atoms with Crippen LogP contribution in [0.4, 0.5) is 0 Å². The van der Waals surface area contributed by atoms with Gasteiger partial charge in [-0.25, -0.2) is 0 Å². The Morgan fingerprint density at radius 3 is 1.62 bits per heavy atom. The summed E-state index contributed by atoms with van der Waals surface area (Å²) >= 11 is 0. The quantitative estimate of drug-likeness (QED) is 0.349. The van der Waals surface area contributed by atoms with Crippen LogP contribution in [0.2, 0.25) is 6.04 Å². The first-order valence-electron chi connectivity index (χ1n) is 10.8. The summed E-state index contributed by atoms with van der Waals surface area (Å²) in [4.78, 5) is 5.53. The second-order valence-electron chi connectivity index (χ2n) is 7.57. The molecule has 148 valence electrons. The van der Waals surface area contributed by atoms with E-state index in [9.17, 15) is 0 Å². The third-order valence-electron chi connectivity index (χ3n) is 5.02. The van der Waals surface area contributed by atoms with Gasteiger partial charge >= 0.3 is 0 Å². The van der Waals surface area contributed by atoms with Gasteiger partial charge in [0.2, 0.25) is 0 Å². The molecule has 1 aromatic rings. The third-order valence-corrected chi connectivity index (χ3v) is 6.88. The second-order valence-corrected chi connectivity index (χ2v) is 9.46. The van der Waals surface area contributed by atoms with Crippen molar-refractivity contribution in [3.8, 4) is 0 Å². The zero-order valence-electron chi connectivity index (χ0n) is 18.1. The van der Waals surface area contributed by atoms with Crippen molar-refractivity contribution in [2.75, 3.05) is 26.2 Å². The van der Waals surface area contributed by atoms with E-state index in [0.29, 0.717) is 6.17 Å². The normalized spacial score (nSPS) is 12.2. The van der Waals surface area contributed by atoms with E-state index in [1.165, 1.54) is 63.5 Å². The first-order valence-corrected chi connectivity index (χ1v) is 12.5. The van der Waals surface area contributed by atoms with Gasteiger partial charge in [-0.05, 0) is 70.4 Å². The van der Waals surface area contributed by atoms with Gasteiger partial charge in [-0.2, -0.15) is 0 Å². The smallest absolute Gasteiger partial charge is 0.0596 e. The molecule has 0 unspecified atom stereocenters. The lowest BCUT2D eigenvalue weighted by Gasteiger charge is -2.40. The highest BCUT2D eigenvalue weighted by Crippen LogP contribution is 2.15. The number of hydrogen-bond donors (Lipinski definition) is 0. The molecule has 0 fully saturated rings. The minimum Gasteiger partial charge on any atom is -0.288 e. The van der Waals surface area contributed by atoms with E-state index in [1.54, 1.807) is 5.19 Å². The molecule has 1 rings (SSSR count). The molecule has 0 bridgehead atoms. The van der Waals surface area contributed by atoms with Crippen LogP contribution in [0.25, 0.3) is 5.57 Å². The van der Waals surface area contributed by atoms with E-state index in [0.717, 1.165) is 5.57 Å². The zero-order valence-corrected chi connectivity index (χ0v) is 19.5. The van der Waals surface area contributed by atoms with E-state index >= 15 is 0 Å². The van der Waals surface area contributed by atoms with Gasteiger partial charge in [-0.15, -0.1) is 0 Å². The highest BCUT2D eigenvalue weighted by molar-refractivity contribution is 6.53. The minimum absolute atomic E-state index is 0.266. The molecule has 1 aromatic carbocycles. The molecule has 0 spiro atoms. The summed E-state index contributed by atoms with van der Waals surface area (Å²) < 4.78 is 0. The first-order chi connectivity index (χ1) is 12.6. The molecular formula is C23H42N2Si. The monoisotopic (exact) mass is 374 g/mol. The molecule has 0 aliphatic heterocycles. The van der Waals surface area contributed by atoms with Crippen LogP contribution in [-0.2, 0) is 0 Å². The molecule has 0 aliphatic carbocycles. The fourth-order valence-electron chi connectivity index (χ4n) is 3.82. The summed E-state index contributed by atoms with van der Waals surface area (Å²) in [6.07, 6.45) is 5.62. The van der Waals surface area contributed by atoms with Crippen LogP contribution in [0.5, 0.6) is 0 Å². The Morgan fingerprint density at radius 2 is 1.27 bits per heavy atom. The van der Waals surface area contributed by atoms with E-state index in [2.05, 4.69) is 75.3 Å². The average molecular weight is 375 g/mol. The molecule has 0 radical (unpaired) electrons. The van der Waals surface area contributed by atoms with Crippen molar-refractivity contribution in [3.63, 3.8) is 0 Å². The number of benzene rings is 1. The maximum Gasteiger partial charge on any atom is 0.0596 e. The maximum atomic E-state index is 4.06. The van der Waals surface area contributed by atoms with Gasteiger partial charge in [0.15, 0.2) is 0 Å². The molecule has 0 saturated carbocycles. The van der Waals surface area contributed by atoms with Crippen molar-refractivity contribution in [1.29, 1.82) is 0 Å². The predicted octanol–water partition coefficient (Wildman–Crippen LogP) is 4.50. The summed E-state index contributed by atoms with van der Waals surface area (Å²) in [5.41, 5.74) is 2.43. The molecule has 2 nitrogen and oxygen atoms in total. The van der Waals surface area contributed by atoms with Crippen molar-refractivity contribution in [2.45, 2.75) is 72.5 Å². The third kappa shape index (κ3) is 7.77. The lowest BCUT2D eigenvalue weighted by Crippen LogP contribution is -2.50. The van der Waals surface area contributed by atoms with Crippen LogP contribution >= 0.6 is 0 Å². The van der Waals surface area contributed by atoms with Crippen molar-refractivity contribution in [1.82, 2.24) is 9.80 Å². The van der Waals surface area contributed by atoms with Gasteiger partial charge in [0, 0.05) is 0 Å². The van der Waals surface area contributed by atoms with Crippen LogP contribution in [0.15, 0.2) is 30.8 Å². The second kappa shape index (κ2) is 13.3. The summed E-state index contributed by atoms with van der Waals surface area (Å²) in [5.74, 6) is 0. The van der Waals surface area contributed by atoms with Gasteiger partial charge < -0.3 is 0 Å². The fourth-order valence-corrected chi connectivity index (χ4v) is 5.71. The Morgan fingerprint density at radius 1 is 0.846 bits per heavy atom. The van der Waals surface area contributed by atoms with Gasteiger partial charge in [-0.1, -0.05) is 69.3 Å². The summed E-state index contributed by atoms with van der Waals surface area (Å²) in [6, 6.07) is 10.6. The lowest BCUT2D eigenvalue weighted by atomic mass is 10.1. The fraction of sp³-hybridized carbons (Fsp3) is 0.652. The van der Waals surface area contributed by atoms with Crippen LogP contribution in [0, 0.1) is 0 Å². The van der Waals surface area contributed by atoms with Crippen molar-refractivity contribution >= 4 is 20.3 Å². The molecule has 0 atom stereocenters. The summed E-state index contributed by atoms with van der Waals surface area (Å²) in [6.45, 7) is 20.3. The number of hydrogen-bond acceptors (Lipinski definition) is 2. The van der Waals surface area contributed by atoms with Crippen molar-refractivity contribution < 1.29 is 0 Å². The number of nitrogens with zero attached hydrogens (tertiary/aromatic N) is 2. The summed E-state index contributed by atoms with van der Waals surface area (Å²) in [5, 5.41) is 1.58. The molecule has 0 heterocycles. The molecule has 26 heavy (non-hydrogen) atoms. The number of allylic oxidation sites excluding steroid dienone is 1. The minimum atomic E-state index is -0.266. The lowest BCUT2D eigenvalue weighted by molar-refractivity contribution is 0.0544. The molecule has 0 saturated heterocycles. The molecule has 3 heteroatoms. The Kier molecular flexibility index (Phi) is 11.8. The van der Waals surface area contributed by atoms with Gasteiger partial charge in [0.05, 0.1) is 15.7 Å². The Bertz CT molecular complexity index is 469. The standard InChI is InChI=1S/C23H42N2Si/c1-7-15-24(16-8-2)23(25(17-9-3)18-10-4)19-26-22-13-11-21(12-14-22)20(5)6/h11-14,23H,5,7-10,15-19,26H2,1-4,6H3. The first kappa shape index (κ1) is 23.1. The molecule has 0 aromatic heterocycles. The maximum absolute atomic E-state index is 4.06.